The Bertz CT molecular complexity index is 471. The van der Waals surface area contributed by atoms with E-state index >= 15 is 0 Å². The summed E-state index contributed by atoms with van der Waals surface area (Å²) in [6.45, 7) is 2.74. The number of aliphatic hydroxyl groups is 1. The predicted octanol–water partition coefficient (Wildman–Crippen LogP) is 1.56. The molecule has 1 amide bonds. The fourth-order valence-corrected chi connectivity index (χ4v) is 1.77. The van der Waals surface area contributed by atoms with E-state index < -0.39 is 0 Å². The summed E-state index contributed by atoms with van der Waals surface area (Å²) in [4.78, 5) is 13.5. The molecule has 0 unspecified atom stereocenters. The molecule has 1 N–H and O–H groups in total. The van der Waals surface area contributed by atoms with Gasteiger partial charge in [0.05, 0.1) is 20.8 Å². The van der Waals surface area contributed by atoms with Crippen molar-refractivity contribution in [2.45, 2.75) is 6.92 Å². The molecule has 1 aromatic rings. The first kappa shape index (κ1) is 16.0. The molecule has 0 atom stereocenters. The van der Waals surface area contributed by atoms with Gasteiger partial charge in [-0.2, -0.15) is 0 Å². The summed E-state index contributed by atoms with van der Waals surface area (Å²) in [5.41, 5.74) is 0.844. The topological polar surface area (TPSA) is 59.0 Å². The van der Waals surface area contributed by atoms with E-state index in [-0.39, 0.29) is 12.5 Å². The Morgan fingerprint density at radius 3 is 2.55 bits per heavy atom. The van der Waals surface area contributed by atoms with Crippen molar-refractivity contribution in [2.24, 2.45) is 0 Å². The first-order valence-electron chi connectivity index (χ1n) is 6.46. The summed E-state index contributed by atoms with van der Waals surface area (Å²) >= 11 is 0. The fourth-order valence-electron chi connectivity index (χ4n) is 1.77. The lowest BCUT2D eigenvalue weighted by Gasteiger charge is -2.17. The van der Waals surface area contributed by atoms with Crippen LogP contribution in [0, 0.1) is 0 Å². The molecule has 0 fully saturated rings. The number of rotatable bonds is 7. The zero-order valence-electron chi connectivity index (χ0n) is 12.1. The van der Waals surface area contributed by atoms with Crippen LogP contribution in [0.2, 0.25) is 0 Å². The molecule has 5 heteroatoms. The van der Waals surface area contributed by atoms with Crippen molar-refractivity contribution in [1.29, 1.82) is 0 Å². The van der Waals surface area contributed by atoms with Gasteiger partial charge in [-0.3, -0.25) is 4.79 Å². The lowest BCUT2D eigenvalue weighted by atomic mass is 10.2. The smallest absolute Gasteiger partial charge is 0.246 e. The minimum atomic E-state index is -0.128. The van der Waals surface area contributed by atoms with E-state index in [2.05, 4.69) is 0 Å². The highest BCUT2D eigenvalue weighted by molar-refractivity contribution is 5.91. The van der Waals surface area contributed by atoms with Crippen molar-refractivity contribution in [2.75, 3.05) is 33.9 Å². The second-order valence-electron chi connectivity index (χ2n) is 4.09. The summed E-state index contributed by atoms with van der Waals surface area (Å²) in [5, 5.41) is 8.88. The Hall–Kier alpha value is -2.01. The maximum absolute atomic E-state index is 11.9. The zero-order chi connectivity index (χ0) is 15.0. The van der Waals surface area contributed by atoms with E-state index in [1.807, 2.05) is 13.0 Å². The van der Waals surface area contributed by atoms with Gasteiger partial charge in [0, 0.05) is 19.2 Å². The van der Waals surface area contributed by atoms with Crippen molar-refractivity contribution in [3.8, 4) is 11.5 Å². The molecule has 5 nitrogen and oxygen atoms in total. The van der Waals surface area contributed by atoms with Gasteiger partial charge in [0.25, 0.3) is 0 Å². The first-order valence-corrected chi connectivity index (χ1v) is 6.46. The Morgan fingerprint density at radius 2 is 2.00 bits per heavy atom. The Balaban J connectivity index is 2.81. The van der Waals surface area contributed by atoms with Gasteiger partial charge < -0.3 is 19.5 Å². The monoisotopic (exact) mass is 279 g/mol. The van der Waals surface area contributed by atoms with Crippen molar-refractivity contribution in [3.63, 3.8) is 0 Å². The molecule has 20 heavy (non-hydrogen) atoms. The van der Waals surface area contributed by atoms with Gasteiger partial charge in [0.1, 0.15) is 0 Å². The van der Waals surface area contributed by atoms with Crippen LogP contribution in [-0.2, 0) is 4.79 Å². The van der Waals surface area contributed by atoms with Gasteiger partial charge in [-0.05, 0) is 30.7 Å². The maximum Gasteiger partial charge on any atom is 0.246 e. The molecular weight excluding hydrogens is 258 g/mol. The van der Waals surface area contributed by atoms with Crippen LogP contribution in [0.4, 0.5) is 0 Å². The van der Waals surface area contributed by atoms with Crippen molar-refractivity contribution in [3.05, 3.63) is 29.8 Å². The molecule has 0 aromatic heterocycles. The van der Waals surface area contributed by atoms with E-state index in [0.29, 0.717) is 24.6 Å². The van der Waals surface area contributed by atoms with E-state index in [1.54, 1.807) is 37.3 Å². The lowest BCUT2D eigenvalue weighted by molar-refractivity contribution is -0.126. The normalized spacial score (nSPS) is 10.6. The SMILES string of the molecule is CCN(CCO)C(=O)/C=C/c1ccc(OC)c(OC)c1. The Morgan fingerprint density at radius 1 is 1.30 bits per heavy atom. The number of amides is 1. The largest absolute Gasteiger partial charge is 0.493 e. The number of carbonyl (C=O) groups excluding carboxylic acids is 1. The highest BCUT2D eigenvalue weighted by Crippen LogP contribution is 2.27. The summed E-state index contributed by atoms with van der Waals surface area (Å²) in [6, 6.07) is 5.42. The molecule has 0 saturated carbocycles. The number of nitrogens with zero attached hydrogens (tertiary/aromatic N) is 1. The minimum Gasteiger partial charge on any atom is -0.493 e. The van der Waals surface area contributed by atoms with Crippen LogP contribution >= 0.6 is 0 Å². The second-order valence-corrected chi connectivity index (χ2v) is 4.09. The molecule has 1 aromatic carbocycles. The van der Waals surface area contributed by atoms with Gasteiger partial charge >= 0.3 is 0 Å². The number of benzene rings is 1. The molecular formula is C15H21NO4. The summed E-state index contributed by atoms with van der Waals surface area (Å²) in [7, 11) is 3.14. The number of hydrogen-bond donors (Lipinski definition) is 1. The molecule has 1 rings (SSSR count). The van der Waals surface area contributed by atoms with E-state index in [0.717, 1.165) is 5.56 Å². The second kappa shape index (κ2) is 8.22. The number of aliphatic hydroxyl groups excluding tert-OH is 1. The number of carbonyl (C=O) groups is 1. The van der Waals surface area contributed by atoms with Gasteiger partial charge in [0.2, 0.25) is 5.91 Å². The molecule has 0 saturated heterocycles. The minimum absolute atomic E-state index is 0.0379. The average Bonchev–Trinajstić information content (AvgIpc) is 2.49. The van der Waals surface area contributed by atoms with Crippen LogP contribution in [0.1, 0.15) is 12.5 Å². The average molecular weight is 279 g/mol. The first-order chi connectivity index (χ1) is 9.65. The Kier molecular flexibility index (Phi) is 6.59. The van der Waals surface area contributed by atoms with E-state index in [4.69, 9.17) is 14.6 Å². The van der Waals surface area contributed by atoms with Gasteiger partial charge in [-0.1, -0.05) is 6.07 Å². The molecule has 110 valence electrons. The number of likely N-dealkylation sites (N-methyl/N-ethyl adjacent to an activating group) is 1. The van der Waals surface area contributed by atoms with E-state index in [9.17, 15) is 4.79 Å². The van der Waals surface area contributed by atoms with Gasteiger partial charge in [-0.15, -0.1) is 0 Å². The van der Waals surface area contributed by atoms with Crippen molar-refractivity contribution >= 4 is 12.0 Å². The molecule has 0 aliphatic rings. The molecule has 0 bridgehead atoms. The third-order valence-electron chi connectivity index (χ3n) is 2.89. The lowest BCUT2D eigenvalue weighted by Crippen LogP contribution is -2.31. The maximum atomic E-state index is 11.9. The third kappa shape index (κ3) is 4.28. The van der Waals surface area contributed by atoms with Crippen LogP contribution < -0.4 is 9.47 Å². The number of methoxy groups -OCH3 is 2. The summed E-state index contributed by atoms with van der Waals surface area (Å²) < 4.78 is 10.4. The number of hydrogen-bond acceptors (Lipinski definition) is 4. The molecule has 0 aliphatic carbocycles. The van der Waals surface area contributed by atoms with Crippen molar-refractivity contribution < 1.29 is 19.4 Å². The standard InChI is InChI=1S/C15H21NO4/c1-4-16(9-10-17)15(18)8-6-12-5-7-13(19-2)14(11-12)20-3/h5-8,11,17H,4,9-10H2,1-3H3/b8-6+. The van der Waals surface area contributed by atoms with Crippen LogP contribution in [-0.4, -0.2) is 49.8 Å². The molecule has 0 heterocycles. The van der Waals surface area contributed by atoms with Crippen LogP contribution in [0.5, 0.6) is 11.5 Å². The van der Waals surface area contributed by atoms with Crippen molar-refractivity contribution in [1.82, 2.24) is 4.90 Å². The molecule has 0 spiro atoms. The number of ether oxygens (including phenoxy) is 2. The fraction of sp³-hybridized carbons (Fsp3) is 0.400. The predicted molar refractivity (Wildman–Crippen MR) is 77.9 cm³/mol. The van der Waals surface area contributed by atoms with Gasteiger partial charge in [0.15, 0.2) is 11.5 Å². The summed E-state index contributed by atoms with van der Waals surface area (Å²) in [5.74, 6) is 1.13. The quantitative estimate of drug-likeness (QED) is 0.769. The highest BCUT2D eigenvalue weighted by Gasteiger charge is 2.07. The third-order valence-corrected chi connectivity index (χ3v) is 2.89. The van der Waals surface area contributed by atoms with Gasteiger partial charge in [-0.25, -0.2) is 0 Å². The molecule has 0 aliphatic heterocycles. The summed E-state index contributed by atoms with van der Waals surface area (Å²) in [6.07, 6.45) is 3.20. The van der Waals surface area contributed by atoms with Crippen LogP contribution in [0.25, 0.3) is 6.08 Å². The highest BCUT2D eigenvalue weighted by atomic mass is 16.5. The molecule has 0 radical (unpaired) electrons. The Labute approximate surface area is 119 Å². The van der Waals surface area contributed by atoms with E-state index in [1.165, 1.54) is 6.08 Å². The van der Waals surface area contributed by atoms with Crippen LogP contribution in [0.15, 0.2) is 24.3 Å². The zero-order valence-corrected chi connectivity index (χ0v) is 12.1. The van der Waals surface area contributed by atoms with Crippen LogP contribution in [0.3, 0.4) is 0 Å².